The summed E-state index contributed by atoms with van der Waals surface area (Å²) in [6.07, 6.45) is 6.29. The maximum atomic E-state index is 6.02. The molecule has 0 spiro atoms. The van der Waals surface area contributed by atoms with Crippen LogP contribution in [0, 0.1) is 5.92 Å². The average Bonchev–Trinajstić information content (AvgIpc) is 2.19. The first-order chi connectivity index (χ1) is 7.14. The first kappa shape index (κ1) is 13.0. The van der Waals surface area contributed by atoms with Crippen molar-refractivity contribution < 1.29 is 4.74 Å². The summed E-state index contributed by atoms with van der Waals surface area (Å²) in [6.45, 7) is 7.81. The third-order valence-electron chi connectivity index (χ3n) is 3.78. The van der Waals surface area contributed by atoms with Crippen molar-refractivity contribution in [1.82, 2.24) is 5.32 Å². The standard InChI is InChI=1S/C13H27NO/c1-5-8-11(2)12(14-4)13(3)9-6-7-10-15-13/h11-12,14H,5-10H2,1-4H3. The second-order valence-corrected chi connectivity index (χ2v) is 5.15. The van der Waals surface area contributed by atoms with Crippen LogP contribution in [-0.2, 0) is 4.74 Å². The van der Waals surface area contributed by atoms with E-state index in [-0.39, 0.29) is 5.60 Å². The molecule has 0 radical (unpaired) electrons. The minimum absolute atomic E-state index is 0.0571. The molecular weight excluding hydrogens is 186 g/mol. The van der Waals surface area contributed by atoms with Gasteiger partial charge >= 0.3 is 0 Å². The Morgan fingerprint density at radius 3 is 2.60 bits per heavy atom. The van der Waals surface area contributed by atoms with E-state index in [1.54, 1.807) is 0 Å². The Morgan fingerprint density at radius 2 is 2.13 bits per heavy atom. The van der Waals surface area contributed by atoms with Crippen LogP contribution in [0.25, 0.3) is 0 Å². The highest BCUT2D eigenvalue weighted by Gasteiger charge is 2.38. The predicted molar refractivity (Wildman–Crippen MR) is 65.1 cm³/mol. The number of likely N-dealkylation sites (N-methyl/N-ethyl adjacent to an activating group) is 1. The van der Waals surface area contributed by atoms with E-state index in [4.69, 9.17) is 4.74 Å². The number of hydrogen-bond donors (Lipinski definition) is 1. The van der Waals surface area contributed by atoms with Gasteiger partial charge in [-0.2, -0.15) is 0 Å². The van der Waals surface area contributed by atoms with E-state index < -0.39 is 0 Å². The van der Waals surface area contributed by atoms with Crippen molar-refractivity contribution in [1.29, 1.82) is 0 Å². The van der Waals surface area contributed by atoms with Crippen LogP contribution in [0.5, 0.6) is 0 Å². The highest BCUT2D eigenvalue weighted by molar-refractivity contribution is 4.93. The summed E-state index contributed by atoms with van der Waals surface area (Å²) in [6, 6.07) is 0.498. The molecule has 2 nitrogen and oxygen atoms in total. The quantitative estimate of drug-likeness (QED) is 0.758. The minimum atomic E-state index is 0.0571. The van der Waals surface area contributed by atoms with Gasteiger partial charge < -0.3 is 10.1 Å². The topological polar surface area (TPSA) is 21.3 Å². The van der Waals surface area contributed by atoms with Crippen molar-refractivity contribution in [2.75, 3.05) is 13.7 Å². The molecule has 2 heteroatoms. The van der Waals surface area contributed by atoms with Crippen molar-refractivity contribution in [3.05, 3.63) is 0 Å². The maximum absolute atomic E-state index is 6.02. The van der Waals surface area contributed by atoms with Gasteiger partial charge in [0.2, 0.25) is 0 Å². The Morgan fingerprint density at radius 1 is 1.40 bits per heavy atom. The summed E-state index contributed by atoms with van der Waals surface area (Å²) in [5, 5.41) is 3.47. The first-order valence-corrected chi connectivity index (χ1v) is 6.45. The van der Waals surface area contributed by atoms with E-state index in [2.05, 4.69) is 33.1 Å². The van der Waals surface area contributed by atoms with Crippen LogP contribution in [0.4, 0.5) is 0 Å². The zero-order valence-electron chi connectivity index (χ0n) is 10.8. The van der Waals surface area contributed by atoms with Gasteiger partial charge in [-0.15, -0.1) is 0 Å². The summed E-state index contributed by atoms with van der Waals surface area (Å²) in [5.74, 6) is 0.697. The molecule has 1 fully saturated rings. The van der Waals surface area contributed by atoms with Gasteiger partial charge in [-0.25, -0.2) is 0 Å². The molecule has 1 aliphatic rings. The number of ether oxygens (including phenoxy) is 1. The summed E-state index contributed by atoms with van der Waals surface area (Å²) in [7, 11) is 2.07. The van der Waals surface area contributed by atoms with Crippen molar-refractivity contribution in [2.24, 2.45) is 5.92 Å². The maximum Gasteiger partial charge on any atom is 0.0809 e. The lowest BCUT2D eigenvalue weighted by Gasteiger charge is -2.43. The molecule has 1 aliphatic heterocycles. The van der Waals surface area contributed by atoms with Crippen LogP contribution in [0.15, 0.2) is 0 Å². The lowest BCUT2D eigenvalue weighted by atomic mass is 9.80. The second-order valence-electron chi connectivity index (χ2n) is 5.15. The van der Waals surface area contributed by atoms with Gasteiger partial charge in [0.1, 0.15) is 0 Å². The fourth-order valence-corrected chi connectivity index (χ4v) is 3.01. The summed E-state index contributed by atoms with van der Waals surface area (Å²) >= 11 is 0. The Hall–Kier alpha value is -0.0800. The molecule has 1 heterocycles. The normalized spacial score (nSPS) is 31.2. The predicted octanol–water partition coefficient (Wildman–Crippen LogP) is 2.97. The molecule has 15 heavy (non-hydrogen) atoms. The molecule has 0 bridgehead atoms. The molecule has 1 N–H and O–H groups in total. The van der Waals surface area contributed by atoms with Crippen molar-refractivity contribution in [3.63, 3.8) is 0 Å². The van der Waals surface area contributed by atoms with E-state index in [1.807, 2.05) is 0 Å². The van der Waals surface area contributed by atoms with E-state index >= 15 is 0 Å². The van der Waals surface area contributed by atoms with Gasteiger partial charge in [0.15, 0.2) is 0 Å². The molecule has 0 amide bonds. The average molecular weight is 213 g/mol. The lowest BCUT2D eigenvalue weighted by molar-refractivity contribution is -0.0981. The fraction of sp³-hybridized carbons (Fsp3) is 1.00. The highest BCUT2D eigenvalue weighted by atomic mass is 16.5. The molecule has 0 aromatic carbocycles. The second kappa shape index (κ2) is 5.86. The molecule has 0 aliphatic carbocycles. The van der Waals surface area contributed by atoms with Crippen molar-refractivity contribution >= 4 is 0 Å². The van der Waals surface area contributed by atoms with Crippen LogP contribution in [-0.4, -0.2) is 25.3 Å². The highest BCUT2D eigenvalue weighted by Crippen LogP contribution is 2.32. The third-order valence-corrected chi connectivity index (χ3v) is 3.78. The summed E-state index contributed by atoms with van der Waals surface area (Å²) < 4.78 is 6.02. The van der Waals surface area contributed by atoms with Gasteiger partial charge in [-0.3, -0.25) is 0 Å². The fourth-order valence-electron chi connectivity index (χ4n) is 3.01. The van der Waals surface area contributed by atoms with E-state index in [1.165, 1.54) is 32.1 Å². The van der Waals surface area contributed by atoms with Crippen LogP contribution >= 0.6 is 0 Å². The Kier molecular flexibility index (Phi) is 5.07. The smallest absolute Gasteiger partial charge is 0.0809 e. The Balaban J connectivity index is 2.62. The van der Waals surface area contributed by atoms with Crippen LogP contribution < -0.4 is 5.32 Å². The molecule has 0 aromatic heterocycles. The molecular formula is C13H27NO. The van der Waals surface area contributed by atoms with Gasteiger partial charge in [0.05, 0.1) is 5.60 Å². The summed E-state index contributed by atoms with van der Waals surface area (Å²) in [5.41, 5.74) is 0.0571. The molecule has 3 unspecified atom stereocenters. The van der Waals surface area contributed by atoms with Crippen molar-refractivity contribution in [2.45, 2.75) is 64.5 Å². The zero-order chi connectivity index (χ0) is 11.3. The van der Waals surface area contributed by atoms with Gasteiger partial charge in [0, 0.05) is 12.6 Å². The molecule has 1 rings (SSSR count). The van der Waals surface area contributed by atoms with Gasteiger partial charge in [-0.05, 0) is 45.6 Å². The Bertz CT molecular complexity index is 175. The molecule has 3 atom stereocenters. The Labute approximate surface area is 94.8 Å². The molecule has 1 saturated heterocycles. The van der Waals surface area contributed by atoms with E-state index in [0.717, 1.165) is 6.61 Å². The number of rotatable bonds is 5. The van der Waals surface area contributed by atoms with Crippen LogP contribution in [0.1, 0.15) is 52.9 Å². The largest absolute Gasteiger partial charge is 0.374 e. The monoisotopic (exact) mass is 213 g/mol. The van der Waals surface area contributed by atoms with Gasteiger partial charge in [0.25, 0.3) is 0 Å². The number of nitrogens with one attached hydrogen (secondary N) is 1. The minimum Gasteiger partial charge on any atom is -0.374 e. The van der Waals surface area contributed by atoms with Crippen LogP contribution in [0.3, 0.4) is 0 Å². The molecule has 0 saturated carbocycles. The van der Waals surface area contributed by atoms with E-state index in [0.29, 0.717) is 12.0 Å². The van der Waals surface area contributed by atoms with E-state index in [9.17, 15) is 0 Å². The third kappa shape index (κ3) is 3.18. The SMILES string of the molecule is CCCC(C)C(NC)C1(C)CCCCO1. The van der Waals surface area contributed by atoms with Crippen LogP contribution in [0.2, 0.25) is 0 Å². The number of hydrogen-bond acceptors (Lipinski definition) is 2. The van der Waals surface area contributed by atoms with Gasteiger partial charge in [-0.1, -0.05) is 20.3 Å². The first-order valence-electron chi connectivity index (χ1n) is 6.45. The summed E-state index contributed by atoms with van der Waals surface area (Å²) in [4.78, 5) is 0. The lowest BCUT2D eigenvalue weighted by Crippen LogP contribution is -2.54. The molecule has 0 aromatic rings. The zero-order valence-corrected chi connectivity index (χ0v) is 10.8. The van der Waals surface area contributed by atoms with Crippen molar-refractivity contribution in [3.8, 4) is 0 Å². The molecule has 90 valence electrons.